The van der Waals surface area contributed by atoms with Gasteiger partial charge in [-0.3, -0.25) is 19.8 Å². The van der Waals surface area contributed by atoms with Crippen molar-refractivity contribution in [2.75, 3.05) is 5.32 Å². The molecule has 0 heterocycles. The highest BCUT2D eigenvalue weighted by molar-refractivity contribution is 9.10. The third-order valence-corrected chi connectivity index (χ3v) is 2.84. The van der Waals surface area contributed by atoms with Crippen LogP contribution in [-0.4, -0.2) is 23.8 Å². The molecule has 0 aromatic heterocycles. The van der Waals surface area contributed by atoms with Gasteiger partial charge in [0.1, 0.15) is 0 Å². The van der Waals surface area contributed by atoms with Gasteiger partial charge in [-0.25, -0.2) is 0 Å². The second kappa shape index (κ2) is 7.77. The van der Waals surface area contributed by atoms with E-state index in [0.717, 1.165) is 11.4 Å². The minimum absolute atomic E-state index is 0.257. The van der Waals surface area contributed by atoms with E-state index in [1.807, 2.05) is 10.9 Å². The lowest BCUT2D eigenvalue weighted by atomic mass is 10.3. The number of carbonyl (C=O) groups excluding carboxylic acids is 3. The summed E-state index contributed by atoms with van der Waals surface area (Å²) < 4.78 is 36.9. The molecule has 0 saturated heterocycles. The normalized spacial score (nSPS) is 11.6. The van der Waals surface area contributed by atoms with Crippen molar-refractivity contribution >= 4 is 39.2 Å². The smallest absolute Gasteiger partial charge is 0.318 e. The lowest BCUT2D eigenvalue weighted by Crippen LogP contribution is -2.43. The second-order valence-electron chi connectivity index (χ2n) is 4.23. The van der Waals surface area contributed by atoms with Crippen LogP contribution in [0.1, 0.15) is 6.92 Å². The van der Waals surface area contributed by atoms with Crippen LogP contribution in [0.4, 0.5) is 18.9 Å². The van der Waals surface area contributed by atoms with Crippen molar-refractivity contribution in [3.05, 3.63) is 40.5 Å². The second-order valence-corrected chi connectivity index (χ2v) is 5.15. The van der Waals surface area contributed by atoms with E-state index in [0.29, 0.717) is 5.69 Å². The van der Waals surface area contributed by atoms with Crippen LogP contribution in [0, 0.1) is 0 Å². The lowest BCUT2D eigenvalue weighted by molar-refractivity contribution is -0.165. The van der Waals surface area contributed by atoms with Gasteiger partial charge < -0.3 is 10.7 Å². The molecule has 0 atom stereocenters. The molecule has 0 spiro atoms. The van der Waals surface area contributed by atoms with Crippen LogP contribution in [0.15, 0.2) is 40.5 Å². The molecule has 0 aliphatic heterocycles. The summed E-state index contributed by atoms with van der Waals surface area (Å²) in [5, 5.41) is 2.28. The van der Waals surface area contributed by atoms with Crippen molar-refractivity contribution in [2.45, 2.75) is 13.1 Å². The summed E-state index contributed by atoms with van der Waals surface area (Å²) in [6.45, 7) is 1.12. The minimum Gasteiger partial charge on any atom is -0.318 e. The Morgan fingerprint density at radius 3 is 2.13 bits per heavy atom. The molecule has 0 bridgehead atoms. The summed E-state index contributed by atoms with van der Waals surface area (Å²) in [4.78, 5) is 33.7. The third-order valence-electron chi connectivity index (χ3n) is 2.31. The zero-order chi connectivity index (χ0) is 17.6. The summed E-state index contributed by atoms with van der Waals surface area (Å²) in [5.74, 6) is -4.26. The summed E-state index contributed by atoms with van der Waals surface area (Å²) in [6, 6.07) is 6.36. The van der Waals surface area contributed by atoms with Crippen molar-refractivity contribution < 1.29 is 27.6 Å². The highest BCUT2D eigenvalue weighted by Gasteiger charge is 2.36. The summed E-state index contributed by atoms with van der Waals surface area (Å²) in [6.07, 6.45) is -4.75. The number of ketones is 1. The number of halogens is 4. The summed E-state index contributed by atoms with van der Waals surface area (Å²) >= 11 is 3.20. The number of rotatable bonds is 4. The molecular formula is C13H11BrF3N3O3. The average molecular weight is 394 g/mol. The Kier molecular flexibility index (Phi) is 6.31. The first-order valence-electron chi connectivity index (χ1n) is 6.02. The topological polar surface area (TPSA) is 87.3 Å². The fourth-order valence-corrected chi connectivity index (χ4v) is 1.51. The Bertz CT molecular complexity index is 642. The molecule has 1 aromatic rings. The van der Waals surface area contributed by atoms with Crippen LogP contribution in [-0.2, 0) is 14.4 Å². The molecule has 124 valence electrons. The van der Waals surface area contributed by atoms with Crippen LogP contribution in [0.5, 0.6) is 0 Å². The number of anilines is 1. The van der Waals surface area contributed by atoms with E-state index >= 15 is 0 Å². The van der Waals surface area contributed by atoms with Gasteiger partial charge in [-0.15, -0.1) is 0 Å². The number of nitrogens with one attached hydrogen (secondary N) is 3. The minimum atomic E-state index is -5.01. The van der Waals surface area contributed by atoms with Gasteiger partial charge >= 0.3 is 18.0 Å². The van der Waals surface area contributed by atoms with Gasteiger partial charge in [0.2, 0.25) is 0 Å². The average Bonchev–Trinajstić information content (AvgIpc) is 2.46. The number of allylic oxidation sites excluding steroid dienone is 2. The van der Waals surface area contributed by atoms with E-state index in [-0.39, 0.29) is 11.8 Å². The van der Waals surface area contributed by atoms with Gasteiger partial charge in [-0.05, 0) is 31.2 Å². The first kappa shape index (κ1) is 18.7. The third kappa shape index (κ3) is 6.51. The van der Waals surface area contributed by atoms with Crippen LogP contribution < -0.4 is 16.2 Å². The van der Waals surface area contributed by atoms with E-state index < -0.39 is 23.8 Å². The van der Waals surface area contributed by atoms with Gasteiger partial charge in [0.05, 0.1) is 0 Å². The van der Waals surface area contributed by atoms with Gasteiger partial charge in [0, 0.05) is 21.9 Å². The molecule has 1 aromatic carbocycles. The molecule has 23 heavy (non-hydrogen) atoms. The summed E-state index contributed by atoms with van der Waals surface area (Å²) in [7, 11) is 0. The fraction of sp³-hybridized carbons (Fsp3) is 0.154. The van der Waals surface area contributed by atoms with Crippen LogP contribution in [0.3, 0.4) is 0 Å². The van der Waals surface area contributed by atoms with Crippen LogP contribution >= 0.6 is 15.9 Å². The fourth-order valence-electron chi connectivity index (χ4n) is 1.25. The Morgan fingerprint density at radius 1 is 1.04 bits per heavy atom. The first-order valence-corrected chi connectivity index (χ1v) is 6.81. The molecule has 0 unspecified atom stereocenters. The largest absolute Gasteiger partial charge is 0.454 e. The SMILES string of the molecule is CC(=CC(=O)C(F)(F)F)NNC(=O)C(=O)Nc1ccc(Br)cc1. The molecule has 3 N–H and O–H groups in total. The highest BCUT2D eigenvalue weighted by Crippen LogP contribution is 2.17. The maximum absolute atomic E-state index is 12.0. The maximum Gasteiger partial charge on any atom is 0.454 e. The number of amides is 2. The van der Waals surface area contributed by atoms with Gasteiger partial charge in [0.25, 0.3) is 5.78 Å². The van der Waals surface area contributed by atoms with Crippen LogP contribution in [0.25, 0.3) is 0 Å². The number of benzene rings is 1. The zero-order valence-corrected chi connectivity index (χ0v) is 13.2. The number of hydrogen-bond donors (Lipinski definition) is 3. The number of alkyl halides is 3. The molecule has 10 heteroatoms. The molecule has 2 amide bonds. The van der Waals surface area contributed by atoms with Crippen molar-refractivity contribution in [3.63, 3.8) is 0 Å². The maximum atomic E-state index is 12.0. The Hall–Kier alpha value is -2.36. The number of hydrazine groups is 1. The highest BCUT2D eigenvalue weighted by atomic mass is 79.9. The van der Waals surface area contributed by atoms with Gasteiger partial charge in [-0.2, -0.15) is 13.2 Å². The van der Waals surface area contributed by atoms with Gasteiger partial charge in [0.15, 0.2) is 0 Å². The van der Waals surface area contributed by atoms with Crippen LogP contribution in [0.2, 0.25) is 0 Å². The Balaban J connectivity index is 2.52. The van der Waals surface area contributed by atoms with Crippen molar-refractivity contribution in [3.8, 4) is 0 Å². The predicted octanol–water partition coefficient (Wildman–Crippen LogP) is 2.04. The molecule has 0 aliphatic carbocycles. The number of carbonyl (C=O) groups is 3. The summed E-state index contributed by atoms with van der Waals surface area (Å²) in [5.41, 5.74) is 3.98. The molecular weight excluding hydrogens is 383 g/mol. The van der Waals surface area contributed by atoms with Crippen molar-refractivity contribution in [2.24, 2.45) is 0 Å². The van der Waals surface area contributed by atoms with E-state index in [2.05, 4.69) is 21.2 Å². The molecule has 0 saturated carbocycles. The Labute approximate surface area is 137 Å². The van der Waals surface area contributed by atoms with E-state index in [4.69, 9.17) is 0 Å². The predicted molar refractivity (Wildman–Crippen MR) is 78.9 cm³/mol. The van der Waals surface area contributed by atoms with Crippen molar-refractivity contribution in [1.82, 2.24) is 10.9 Å². The lowest BCUT2D eigenvalue weighted by Gasteiger charge is -2.09. The molecule has 0 aliphatic rings. The first-order chi connectivity index (χ1) is 10.6. The van der Waals surface area contributed by atoms with E-state index in [1.165, 1.54) is 12.1 Å². The monoisotopic (exact) mass is 393 g/mol. The molecule has 6 nitrogen and oxygen atoms in total. The van der Waals surface area contributed by atoms with Crippen molar-refractivity contribution in [1.29, 1.82) is 0 Å². The zero-order valence-electron chi connectivity index (χ0n) is 11.6. The van der Waals surface area contributed by atoms with E-state index in [9.17, 15) is 27.6 Å². The number of hydrogen-bond acceptors (Lipinski definition) is 4. The van der Waals surface area contributed by atoms with E-state index in [1.54, 1.807) is 12.1 Å². The molecule has 1 rings (SSSR count). The molecule has 0 radical (unpaired) electrons. The molecule has 0 fully saturated rings. The standard InChI is InChI=1S/C13H11BrF3N3O3/c1-7(6-10(21)13(15,16)17)19-20-12(23)11(22)18-9-4-2-8(14)3-5-9/h2-6,19H,1H3,(H,18,22)(H,20,23). The Morgan fingerprint density at radius 2 is 1.61 bits per heavy atom. The van der Waals surface area contributed by atoms with Gasteiger partial charge in [-0.1, -0.05) is 15.9 Å². The quantitative estimate of drug-likeness (QED) is 0.415.